The Bertz CT molecular complexity index is 468. The minimum absolute atomic E-state index is 0.224. The lowest BCUT2D eigenvalue weighted by molar-refractivity contribution is -0.292. The van der Waals surface area contributed by atoms with Gasteiger partial charge in [-0.3, -0.25) is 0 Å². The van der Waals surface area contributed by atoms with E-state index in [1.165, 1.54) is 69.8 Å². The molecule has 1 N–H and O–H groups in total. The molecule has 1 aromatic carbocycles. The summed E-state index contributed by atoms with van der Waals surface area (Å²) in [5.74, 6) is -0.174. The van der Waals surface area contributed by atoms with E-state index in [0.717, 1.165) is 12.2 Å². The highest BCUT2D eigenvalue weighted by Crippen LogP contribution is 2.26. The van der Waals surface area contributed by atoms with E-state index in [1.54, 1.807) is 0 Å². The van der Waals surface area contributed by atoms with Crippen LogP contribution in [0.5, 0.6) is 5.75 Å². The SMILES string of the molecule is CCCCCCCCCCCCc1ccccc1OCC1(O)CCO1. The van der Waals surface area contributed by atoms with Gasteiger partial charge in [-0.25, -0.2) is 0 Å². The van der Waals surface area contributed by atoms with Gasteiger partial charge in [0.15, 0.2) is 0 Å². The van der Waals surface area contributed by atoms with Crippen LogP contribution >= 0.6 is 0 Å². The average molecular weight is 349 g/mol. The van der Waals surface area contributed by atoms with E-state index in [9.17, 15) is 5.11 Å². The summed E-state index contributed by atoms with van der Waals surface area (Å²) in [5, 5.41) is 9.98. The highest BCUT2D eigenvalue weighted by atomic mass is 16.7. The Kier molecular flexibility index (Phi) is 9.35. The van der Waals surface area contributed by atoms with Gasteiger partial charge >= 0.3 is 0 Å². The molecule has 1 aliphatic heterocycles. The predicted molar refractivity (Wildman–Crippen MR) is 103 cm³/mol. The van der Waals surface area contributed by atoms with Gasteiger partial charge in [0.05, 0.1) is 6.61 Å². The van der Waals surface area contributed by atoms with Gasteiger partial charge in [0.25, 0.3) is 0 Å². The Hall–Kier alpha value is -1.06. The number of unbranched alkanes of at least 4 members (excludes halogenated alkanes) is 9. The molecular weight excluding hydrogens is 312 g/mol. The Morgan fingerprint density at radius 3 is 2.16 bits per heavy atom. The first-order valence-electron chi connectivity index (χ1n) is 10.3. The first kappa shape index (κ1) is 20.3. The first-order chi connectivity index (χ1) is 12.2. The second kappa shape index (κ2) is 11.5. The maximum Gasteiger partial charge on any atom is 0.202 e. The summed E-state index contributed by atoms with van der Waals surface area (Å²) in [4.78, 5) is 0. The zero-order valence-corrected chi connectivity index (χ0v) is 16.0. The maximum atomic E-state index is 9.98. The predicted octanol–water partition coefficient (Wildman–Crippen LogP) is 5.64. The summed E-state index contributed by atoms with van der Waals surface area (Å²) in [6.07, 6.45) is 15.3. The van der Waals surface area contributed by atoms with Crippen molar-refractivity contribution in [2.75, 3.05) is 13.2 Å². The standard InChI is InChI=1S/C22H36O3/c1-2-3-4-5-6-7-8-9-10-11-14-20-15-12-13-16-21(20)24-19-22(23)17-18-25-22/h12-13,15-16,23H,2-11,14,17-19H2,1H3. The molecule has 1 atom stereocenters. The van der Waals surface area contributed by atoms with Crippen molar-refractivity contribution in [3.05, 3.63) is 29.8 Å². The quantitative estimate of drug-likeness (QED) is 0.442. The molecule has 0 aliphatic carbocycles. The average Bonchev–Trinajstić information content (AvgIpc) is 2.61. The van der Waals surface area contributed by atoms with Gasteiger partial charge in [-0.1, -0.05) is 82.9 Å². The lowest BCUT2D eigenvalue weighted by atomic mass is 10.0. The van der Waals surface area contributed by atoms with Crippen molar-refractivity contribution in [1.29, 1.82) is 0 Å². The van der Waals surface area contributed by atoms with E-state index >= 15 is 0 Å². The molecule has 0 amide bonds. The van der Waals surface area contributed by atoms with Crippen LogP contribution in [0, 0.1) is 0 Å². The number of benzene rings is 1. The highest BCUT2D eigenvalue weighted by Gasteiger charge is 2.37. The molecule has 3 heteroatoms. The minimum Gasteiger partial charge on any atom is -0.488 e. The third-order valence-electron chi connectivity index (χ3n) is 5.09. The molecule has 142 valence electrons. The molecule has 0 spiro atoms. The number of para-hydroxylation sites is 1. The zero-order valence-electron chi connectivity index (χ0n) is 16.0. The summed E-state index contributed by atoms with van der Waals surface area (Å²) < 4.78 is 11.0. The summed E-state index contributed by atoms with van der Waals surface area (Å²) >= 11 is 0. The molecule has 1 unspecified atom stereocenters. The van der Waals surface area contributed by atoms with Crippen molar-refractivity contribution < 1.29 is 14.6 Å². The molecule has 2 rings (SSSR count). The molecule has 1 fully saturated rings. The number of hydrogen-bond donors (Lipinski definition) is 1. The number of rotatable bonds is 14. The van der Waals surface area contributed by atoms with Crippen molar-refractivity contribution in [1.82, 2.24) is 0 Å². The molecule has 0 bridgehead atoms. The molecule has 0 radical (unpaired) electrons. The third kappa shape index (κ3) is 7.79. The van der Waals surface area contributed by atoms with Crippen molar-refractivity contribution in [2.45, 2.75) is 89.8 Å². The lowest BCUT2D eigenvalue weighted by Gasteiger charge is -2.36. The van der Waals surface area contributed by atoms with Crippen molar-refractivity contribution in [2.24, 2.45) is 0 Å². The fraction of sp³-hybridized carbons (Fsp3) is 0.727. The summed E-state index contributed by atoms with van der Waals surface area (Å²) in [7, 11) is 0. The Morgan fingerprint density at radius 1 is 0.960 bits per heavy atom. The normalized spacial score (nSPS) is 19.6. The van der Waals surface area contributed by atoms with Gasteiger partial charge in [0, 0.05) is 6.42 Å². The molecule has 0 aromatic heterocycles. The topological polar surface area (TPSA) is 38.7 Å². The van der Waals surface area contributed by atoms with Crippen LogP contribution in [0.4, 0.5) is 0 Å². The molecule has 0 saturated carbocycles. The number of aryl methyl sites for hydroxylation is 1. The molecule has 1 saturated heterocycles. The molecule has 3 nitrogen and oxygen atoms in total. The maximum absolute atomic E-state index is 9.98. The summed E-state index contributed by atoms with van der Waals surface area (Å²) in [5.41, 5.74) is 1.24. The van der Waals surface area contributed by atoms with Crippen LogP contribution in [0.25, 0.3) is 0 Å². The smallest absolute Gasteiger partial charge is 0.202 e. The van der Waals surface area contributed by atoms with E-state index in [-0.39, 0.29) is 6.61 Å². The van der Waals surface area contributed by atoms with Crippen LogP contribution in [0.2, 0.25) is 0 Å². The Labute approximate surface area is 153 Å². The lowest BCUT2D eigenvalue weighted by Crippen LogP contribution is -2.48. The van der Waals surface area contributed by atoms with Crippen molar-refractivity contribution in [3.8, 4) is 5.75 Å². The minimum atomic E-state index is -1.07. The Morgan fingerprint density at radius 2 is 1.56 bits per heavy atom. The molecule has 1 aliphatic rings. The van der Waals surface area contributed by atoms with E-state index in [1.807, 2.05) is 12.1 Å². The molecular formula is C22H36O3. The fourth-order valence-corrected chi connectivity index (χ4v) is 3.30. The Balaban J connectivity index is 1.56. The van der Waals surface area contributed by atoms with Gasteiger partial charge in [-0.05, 0) is 24.5 Å². The van der Waals surface area contributed by atoms with Gasteiger partial charge in [-0.2, -0.15) is 0 Å². The number of ether oxygens (including phenoxy) is 2. The van der Waals surface area contributed by atoms with Crippen LogP contribution in [-0.2, 0) is 11.2 Å². The number of aliphatic hydroxyl groups is 1. The molecule has 1 heterocycles. The van der Waals surface area contributed by atoms with Crippen LogP contribution in [-0.4, -0.2) is 24.1 Å². The largest absolute Gasteiger partial charge is 0.488 e. The second-order valence-electron chi connectivity index (χ2n) is 7.37. The first-order valence-corrected chi connectivity index (χ1v) is 10.3. The van der Waals surface area contributed by atoms with Crippen LogP contribution in [0.3, 0.4) is 0 Å². The summed E-state index contributed by atoms with van der Waals surface area (Å²) in [6, 6.07) is 8.18. The van der Waals surface area contributed by atoms with Crippen molar-refractivity contribution >= 4 is 0 Å². The van der Waals surface area contributed by atoms with Gasteiger partial charge < -0.3 is 14.6 Å². The third-order valence-corrected chi connectivity index (χ3v) is 5.09. The molecule has 25 heavy (non-hydrogen) atoms. The zero-order chi connectivity index (χ0) is 17.8. The van der Waals surface area contributed by atoms with Crippen molar-refractivity contribution in [3.63, 3.8) is 0 Å². The van der Waals surface area contributed by atoms with Crippen LogP contribution < -0.4 is 4.74 Å². The van der Waals surface area contributed by atoms with E-state index in [2.05, 4.69) is 19.1 Å². The van der Waals surface area contributed by atoms with Crippen LogP contribution in [0.1, 0.15) is 83.1 Å². The van der Waals surface area contributed by atoms with E-state index in [0.29, 0.717) is 13.0 Å². The fourth-order valence-electron chi connectivity index (χ4n) is 3.30. The van der Waals surface area contributed by atoms with Gasteiger partial charge in [0.2, 0.25) is 5.79 Å². The van der Waals surface area contributed by atoms with Gasteiger partial charge in [0.1, 0.15) is 12.4 Å². The van der Waals surface area contributed by atoms with Crippen LogP contribution in [0.15, 0.2) is 24.3 Å². The second-order valence-corrected chi connectivity index (χ2v) is 7.37. The van der Waals surface area contributed by atoms with E-state index < -0.39 is 5.79 Å². The monoisotopic (exact) mass is 348 g/mol. The molecule has 1 aromatic rings. The number of hydrogen-bond acceptors (Lipinski definition) is 3. The van der Waals surface area contributed by atoms with E-state index in [4.69, 9.17) is 9.47 Å². The highest BCUT2D eigenvalue weighted by molar-refractivity contribution is 5.33. The van der Waals surface area contributed by atoms with Gasteiger partial charge in [-0.15, -0.1) is 0 Å². The summed E-state index contributed by atoms with van der Waals surface area (Å²) in [6.45, 7) is 3.12.